The third-order valence-corrected chi connectivity index (χ3v) is 6.57. The predicted octanol–water partition coefficient (Wildman–Crippen LogP) is 8.30. The zero-order chi connectivity index (χ0) is 24.4. The maximum absolute atomic E-state index is 8.64. The normalized spacial score (nSPS) is 20.2. The summed E-state index contributed by atoms with van der Waals surface area (Å²) < 4.78 is 16.6. The van der Waals surface area contributed by atoms with E-state index in [4.69, 9.17) is 19.3 Å². The molecule has 0 aromatic carbocycles. The fourth-order valence-electron chi connectivity index (χ4n) is 4.36. The summed E-state index contributed by atoms with van der Waals surface area (Å²) in [6, 6.07) is 0. The van der Waals surface area contributed by atoms with Crippen molar-refractivity contribution in [3.63, 3.8) is 0 Å². The molecule has 0 bridgehead atoms. The van der Waals surface area contributed by atoms with Gasteiger partial charge in [0.25, 0.3) is 0 Å². The zero-order valence-corrected chi connectivity index (χ0v) is 22.5. The molecule has 4 heteroatoms. The Bertz CT molecular complexity index is 442. The monoisotopic (exact) mass is 480 g/mol. The summed E-state index contributed by atoms with van der Waals surface area (Å²) in [4.78, 5) is 0. The van der Waals surface area contributed by atoms with E-state index in [-0.39, 0.29) is 12.6 Å². The van der Waals surface area contributed by atoms with Crippen molar-refractivity contribution in [1.82, 2.24) is 0 Å². The van der Waals surface area contributed by atoms with Crippen LogP contribution < -0.4 is 0 Å². The molecule has 0 radical (unpaired) electrons. The lowest BCUT2D eigenvalue weighted by Gasteiger charge is -2.29. The maximum atomic E-state index is 8.64. The highest BCUT2D eigenvalue weighted by Gasteiger charge is 2.21. The average Bonchev–Trinajstić information content (AvgIpc) is 2.87. The van der Waals surface area contributed by atoms with E-state index in [2.05, 4.69) is 18.8 Å². The van der Waals surface area contributed by atoms with Crippen LogP contribution in [0.4, 0.5) is 0 Å². The molecule has 2 atom stereocenters. The van der Waals surface area contributed by atoms with Gasteiger partial charge in [-0.15, -0.1) is 11.8 Å². The van der Waals surface area contributed by atoms with Gasteiger partial charge in [0, 0.05) is 32.7 Å². The first-order valence-electron chi connectivity index (χ1n) is 14.8. The van der Waals surface area contributed by atoms with Gasteiger partial charge < -0.3 is 19.3 Å². The molecular formula is C30H56O4. The number of ether oxygens (including phenoxy) is 3. The van der Waals surface area contributed by atoms with Gasteiger partial charge in [0.2, 0.25) is 0 Å². The lowest BCUT2D eigenvalue weighted by molar-refractivity contribution is -0.264. The van der Waals surface area contributed by atoms with E-state index in [0.717, 1.165) is 51.7 Å². The van der Waals surface area contributed by atoms with E-state index in [9.17, 15) is 0 Å². The fraction of sp³-hybridized carbons (Fsp3) is 0.933. The first-order valence-corrected chi connectivity index (χ1v) is 14.8. The number of unbranched alkanes of at least 4 members (excludes halogenated alkanes) is 14. The van der Waals surface area contributed by atoms with E-state index in [0.29, 0.717) is 6.61 Å². The van der Waals surface area contributed by atoms with Crippen molar-refractivity contribution < 1.29 is 19.3 Å². The summed E-state index contributed by atoms with van der Waals surface area (Å²) >= 11 is 0. The summed E-state index contributed by atoms with van der Waals surface area (Å²) in [7, 11) is 0. The van der Waals surface area contributed by atoms with Gasteiger partial charge in [-0.2, -0.15) is 0 Å². The Labute approximate surface area is 211 Å². The van der Waals surface area contributed by atoms with Crippen molar-refractivity contribution in [2.75, 3.05) is 19.8 Å². The third-order valence-electron chi connectivity index (χ3n) is 6.57. The number of hydrogen-bond acceptors (Lipinski definition) is 4. The molecule has 1 N–H and O–H groups in total. The standard InChI is InChI=1S/C20H38O.C10H18O3/c1-2-3-4-5-6-7-8-9-10-11-12-13-14-15-16-17-18-19-20-21;1-3-7-11-9(5-1)13-10-6-2-4-8-12-10/h21H,2-14,17-20H2,1H3;9-10H,1-8H2. The predicted molar refractivity (Wildman–Crippen MR) is 143 cm³/mol. The van der Waals surface area contributed by atoms with Crippen molar-refractivity contribution in [2.24, 2.45) is 0 Å². The SMILES string of the molecule is C1CCC(OC2CCCCO2)OC1.CCCCCCCCCCCCCCC#CCCCCO. The van der Waals surface area contributed by atoms with Gasteiger partial charge in [0.05, 0.1) is 0 Å². The second-order valence-electron chi connectivity index (χ2n) is 9.90. The van der Waals surface area contributed by atoms with Crippen LogP contribution in [0.3, 0.4) is 0 Å². The molecule has 2 saturated heterocycles. The van der Waals surface area contributed by atoms with Gasteiger partial charge in [-0.1, -0.05) is 77.6 Å². The molecule has 34 heavy (non-hydrogen) atoms. The minimum atomic E-state index is -0.00292. The Kier molecular flexibility index (Phi) is 23.6. The van der Waals surface area contributed by atoms with Crippen molar-refractivity contribution in [3.05, 3.63) is 0 Å². The molecule has 2 unspecified atom stereocenters. The molecule has 0 amide bonds. The van der Waals surface area contributed by atoms with Gasteiger partial charge in [-0.25, -0.2) is 0 Å². The number of aliphatic hydroxyl groups is 1. The molecule has 0 aliphatic carbocycles. The number of hydrogen-bond donors (Lipinski definition) is 1. The number of rotatable bonds is 17. The highest BCUT2D eigenvalue weighted by atomic mass is 16.8. The summed E-state index contributed by atoms with van der Waals surface area (Å²) in [5.74, 6) is 6.45. The lowest BCUT2D eigenvalue weighted by atomic mass is 10.0. The van der Waals surface area contributed by atoms with Crippen LogP contribution in [0.1, 0.15) is 148 Å². The average molecular weight is 481 g/mol. The molecule has 0 aromatic rings. The molecule has 4 nitrogen and oxygen atoms in total. The van der Waals surface area contributed by atoms with E-state index in [1.807, 2.05) is 0 Å². The largest absolute Gasteiger partial charge is 0.396 e. The molecule has 2 heterocycles. The minimum Gasteiger partial charge on any atom is -0.396 e. The van der Waals surface area contributed by atoms with E-state index in [1.165, 1.54) is 103 Å². The van der Waals surface area contributed by atoms with Crippen LogP contribution >= 0.6 is 0 Å². The second kappa shape index (κ2) is 25.5. The molecular weight excluding hydrogens is 424 g/mol. The Morgan fingerprint density at radius 3 is 1.47 bits per heavy atom. The van der Waals surface area contributed by atoms with Crippen molar-refractivity contribution in [2.45, 2.75) is 161 Å². The maximum Gasteiger partial charge on any atom is 0.160 e. The summed E-state index contributed by atoms with van der Waals surface area (Å²) in [5.41, 5.74) is 0. The Hall–Kier alpha value is -0.600. The van der Waals surface area contributed by atoms with Crippen LogP contribution in [-0.2, 0) is 14.2 Å². The first-order chi connectivity index (χ1) is 16.9. The van der Waals surface area contributed by atoms with Crippen molar-refractivity contribution in [1.29, 1.82) is 0 Å². The molecule has 2 aliphatic rings. The van der Waals surface area contributed by atoms with Gasteiger partial charge >= 0.3 is 0 Å². The van der Waals surface area contributed by atoms with E-state index in [1.54, 1.807) is 0 Å². The Morgan fingerprint density at radius 1 is 0.618 bits per heavy atom. The van der Waals surface area contributed by atoms with Crippen LogP contribution in [0.25, 0.3) is 0 Å². The quantitative estimate of drug-likeness (QED) is 0.168. The molecule has 0 saturated carbocycles. The molecule has 2 rings (SSSR count). The molecule has 0 aromatic heterocycles. The van der Waals surface area contributed by atoms with Gasteiger partial charge in [-0.05, 0) is 57.8 Å². The van der Waals surface area contributed by atoms with Crippen LogP contribution in [0.15, 0.2) is 0 Å². The molecule has 2 aliphatic heterocycles. The first kappa shape index (κ1) is 31.4. The second-order valence-corrected chi connectivity index (χ2v) is 9.90. The highest BCUT2D eigenvalue weighted by Crippen LogP contribution is 2.20. The number of aliphatic hydroxyl groups excluding tert-OH is 1. The van der Waals surface area contributed by atoms with Crippen LogP contribution in [0.5, 0.6) is 0 Å². The Morgan fingerprint density at radius 2 is 1.06 bits per heavy atom. The van der Waals surface area contributed by atoms with Crippen LogP contribution in [-0.4, -0.2) is 37.5 Å². The van der Waals surface area contributed by atoms with Crippen molar-refractivity contribution in [3.8, 4) is 11.8 Å². The minimum absolute atomic E-state index is 0.00292. The van der Waals surface area contributed by atoms with Crippen LogP contribution in [0.2, 0.25) is 0 Å². The molecule has 200 valence electrons. The van der Waals surface area contributed by atoms with Crippen molar-refractivity contribution >= 4 is 0 Å². The topological polar surface area (TPSA) is 47.9 Å². The zero-order valence-electron chi connectivity index (χ0n) is 22.5. The smallest absolute Gasteiger partial charge is 0.160 e. The van der Waals surface area contributed by atoms with Gasteiger partial charge in [-0.3, -0.25) is 0 Å². The summed E-state index contributed by atoms with van der Waals surface area (Å²) in [6.07, 6.45) is 27.7. The highest BCUT2D eigenvalue weighted by molar-refractivity contribution is 4.98. The van der Waals surface area contributed by atoms with Gasteiger partial charge in [0.15, 0.2) is 12.6 Å². The van der Waals surface area contributed by atoms with E-state index < -0.39 is 0 Å². The molecule has 0 spiro atoms. The van der Waals surface area contributed by atoms with Gasteiger partial charge in [0.1, 0.15) is 0 Å². The van der Waals surface area contributed by atoms with E-state index >= 15 is 0 Å². The lowest BCUT2D eigenvalue weighted by Crippen LogP contribution is -2.31. The third kappa shape index (κ3) is 20.7. The van der Waals surface area contributed by atoms with Crippen LogP contribution in [0, 0.1) is 11.8 Å². The summed E-state index contributed by atoms with van der Waals surface area (Å²) in [6.45, 7) is 4.28. The fourth-order valence-corrected chi connectivity index (χ4v) is 4.36. The summed E-state index contributed by atoms with van der Waals surface area (Å²) in [5, 5.41) is 8.64. The molecule has 2 fully saturated rings. The Balaban J connectivity index is 0.000000375.